The molecule has 2 N–H and O–H groups in total. The number of esters is 1. The van der Waals surface area contributed by atoms with Crippen LogP contribution in [0.4, 0.5) is 5.69 Å². The molecule has 0 atom stereocenters. The number of benzene rings is 2. The molecular formula is C23H18N4O3. The summed E-state index contributed by atoms with van der Waals surface area (Å²) in [4.78, 5) is 28.2. The fourth-order valence-corrected chi connectivity index (χ4v) is 2.97. The zero-order valence-corrected chi connectivity index (χ0v) is 16.1. The summed E-state index contributed by atoms with van der Waals surface area (Å²) in [5.41, 5.74) is 4.05. The third kappa shape index (κ3) is 4.10. The highest BCUT2D eigenvalue weighted by Gasteiger charge is 2.11. The summed E-state index contributed by atoms with van der Waals surface area (Å²) in [5, 5.41) is 11.1. The van der Waals surface area contributed by atoms with Crippen molar-refractivity contribution < 1.29 is 14.3 Å². The number of nitrogens with zero attached hydrogens (tertiary/aromatic N) is 2. The molecule has 0 radical (unpaired) electrons. The van der Waals surface area contributed by atoms with Crippen LogP contribution in [0, 0.1) is 0 Å². The van der Waals surface area contributed by atoms with Gasteiger partial charge in [-0.1, -0.05) is 12.1 Å². The molecule has 0 aliphatic heterocycles. The van der Waals surface area contributed by atoms with E-state index in [1.54, 1.807) is 42.7 Å². The number of amides is 1. The highest BCUT2D eigenvalue weighted by molar-refractivity contribution is 6.06. The van der Waals surface area contributed by atoms with E-state index >= 15 is 0 Å². The third-order valence-corrected chi connectivity index (χ3v) is 4.54. The second-order valence-corrected chi connectivity index (χ2v) is 6.51. The molecule has 148 valence electrons. The fourth-order valence-electron chi connectivity index (χ4n) is 2.97. The van der Waals surface area contributed by atoms with Crippen LogP contribution in [0.25, 0.3) is 23.1 Å². The van der Waals surface area contributed by atoms with Gasteiger partial charge < -0.3 is 10.1 Å². The zero-order valence-electron chi connectivity index (χ0n) is 16.1. The topological polar surface area (TPSA) is 97.0 Å². The summed E-state index contributed by atoms with van der Waals surface area (Å²) in [6.45, 7) is 0. The Morgan fingerprint density at radius 3 is 2.57 bits per heavy atom. The van der Waals surface area contributed by atoms with Gasteiger partial charge in [0.05, 0.1) is 23.9 Å². The Morgan fingerprint density at radius 2 is 1.83 bits per heavy atom. The SMILES string of the molecule is COC(=O)c1ccc(C(=O)Nc2ccc3[nH]nc(/C=C/c4cccnc4)c3c2)cc1. The van der Waals surface area contributed by atoms with Gasteiger partial charge in [0.1, 0.15) is 0 Å². The molecule has 2 aromatic heterocycles. The van der Waals surface area contributed by atoms with Crippen LogP contribution in [0.1, 0.15) is 32.0 Å². The lowest BCUT2D eigenvalue weighted by molar-refractivity contribution is 0.0600. The number of carbonyl (C=O) groups is 2. The molecule has 7 heteroatoms. The first kappa shape index (κ1) is 19.1. The van der Waals surface area contributed by atoms with Crippen LogP contribution in [0.3, 0.4) is 0 Å². The van der Waals surface area contributed by atoms with E-state index in [-0.39, 0.29) is 5.91 Å². The number of hydrogen-bond donors (Lipinski definition) is 2. The van der Waals surface area contributed by atoms with E-state index in [1.165, 1.54) is 7.11 Å². The van der Waals surface area contributed by atoms with Gasteiger partial charge in [0.15, 0.2) is 0 Å². The molecule has 0 saturated carbocycles. The first-order valence-electron chi connectivity index (χ1n) is 9.20. The molecule has 0 saturated heterocycles. The molecule has 0 spiro atoms. The lowest BCUT2D eigenvalue weighted by Crippen LogP contribution is -2.12. The number of fused-ring (bicyclic) bond motifs is 1. The number of anilines is 1. The van der Waals surface area contributed by atoms with E-state index in [1.807, 2.05) is 36.4 Å². The van der Waals surface area contributed by atoms with Crippen molar-refractivity contribution in [2.45, 2.75) is 0 Å². The van der Waals surface area contributed by atoms with Gasteiger partial charge in [0.25, 0.3) is 5.91 Å². The molecule has 2 aromatic carbocycles. The van der Waals surface area contributed by atoms with Crippen molar-refractivity contribution in [3.8, 4) is 0 Å². The Kier molecular flexibility index (Phi) is 5.34. The highest BCUT2D eigenvalue weighted by Crippen LogP contribution is 2.23. The van der Waals surface area contributed by atoms with Gasteiger partial charge in [-0.3, -0.25) is 14.9 Å². The van der Waals surface area contributed by atoms with E-state index in [4.69, 9.17) is 0 Å². The summed E-state index contributed by atoms with van der Waals surface area (Å²) in [6, 6.07) is 15.6. The van der Waals surface area contributed by atoms with Crippen molar-refractivity contribution in [3.63, 3.8) is 0 Å². The number of methoxy groups -OCH3 is 1. The van der Waals surface area contributed by atoms with Crippen LogP contribution in [-0.2, 0) is 4.74 Å². The Morgan fingerprint density at radius 1 is 1.03 bits per heavy atom. The van der Waals surface area contributed by atoms with Gasteiger partial charge in [0, 0.05) is 29.0 Å². The quantitative estimate of drug-likeness (QED) is 0.492. The third-order valence-electron chi connectivity index (χ3n) is 4.54. The predicted molar refractivity (Wildman–Crippen MR) is 115 cm³/mol. The van der Waals surface area contributed by atoms with Gasteiger partial charge in [0.2, 0.25) is 0 Å². The molecule has 4 rings (SSSR count). The van der Waals surface area contributed by atoms with Crippen LogP contribution in [0.2, 0.25) is 0 Å². The molecule has 0 fully saturated rings. The maximum atomic E-state index is 12.6. The number of pyridine rings is 1. The molecule has 4 aromatic rings. The molecule has 7 nitrogen and oxygen atoms in total. The number of aromatic nitrogens is 3. The first-order chi connectivity index (χ1) is 14.6. The van der Waals surface area contributed by atoms with E-state index in [0.29, 0.717) is 16.8 Å². The Bertz CT molecular complexity index is 1230. The molecule has 30 heavy (non-hydrogen) atoms. The van der Waals surface area contributed by atoms with Gasteiger partial charge in [-0.05, 0) is 60.2 Å². The number of ether oxygens (including phenoxy) is 1. The van der Waals surface area contributed by atoms with E-state index < -0.39 is 5.97 Å². The zero-order chi connectivity index (χ0) is 20.9. The van der Waals surface area contributed by atoms with Crippen LogP contribution < -0.4 is 5.32 Å². The average Bonchev–Trinajstić information content (AvgIpc) is 3.20. The lowest BCUT2D eigenvalue weighted by atomic mass is 10.1. The number of nitrogens with one attached hydrogen (secondary N) is 2. The van der Waals surface area contributed by atoms with E-state index in [0.717, 1.165) is 22.2 Å². The Labute approximate surface area is 172 Å². The summed E-state index contributed by atoms with van der Waals surface area (Å²) >= 11 is 0. The summed E-state index contributed by atoms with van der Waals surface area (Å²) in [5.74, 6) is -0.721. The number of rotatable bonds is 5. The summed E-state index contributed by atoms with van der Waals surface area (Å²) < 4.78 is 4.67. The normalized spacial score (nSPS) is 11.0. The Hall–Kier alpha value is -4.26. The predicted octanol–water partition coefficient (Wildman–Crippen LogP) is 4.17. The second kappa shape index (κ2) is 8.40. The van der Waals surface area contributed by atoms with Gasteiger partial charge >= 0.3 is 5.97 Å². The van der Waals surface area contributed by atoms with Crippen molar-refractivity contribution in [2.24, 2.45) is 0 Å². The largest absolute Gasteiger partial charge is 0.465 e. The van der Waals surface area contributed by atoms with E-state index in [9.17, 15) is 9.59 Å². The highest BCUT2D eigenvalue weighted by atomic mass is 16.5. The van der Waals surface area contributed by atoms with Gasteiger partial charge in [-0.15, -0.1) is 0 Å². The van der Waals surface area contributed by atoms with Crippen molar-refractivity contribution in [2.75, 3.05) is 12.4 Å². The van der Waals surface area contributed by atoms with Crippen LogP contribution in [0.15, 0.2) is 67.0 Å². The fraction of sp³-hybridized carbons (Fsp3) is 0.0435. The van der Waals surface area contributed by atoms with Crippen LogP contribution >= 0.6 is 0 Å². The molecule has 1 amide bonds. The molecule has 0 aliphatic rings. The molecular weight excluding hydrogens is 380 g/mol. The molecule has 0 bridgehead atoms. The second-order valence-electron chi connectivity index (χ2n) is 6.51. The average molecular weight is 398 g/mol. The number of carbonyl (C=O) groups excluding carboxylic acids is 2. The molecule has 0 unspecified atom stereocenters. The number of aromatic amines is 1. The van der Waals surface area contributed by atoms with E-state index in [2.05, 4.69) is 25.2 Å². The van der Waals surface area contributed by atoms with Crippen LogP contribution in [0.5, 0.6) is 0 Å². The lowest BCUT2D eigenvalue weighted by Gasteiger charge is -2.06. The monoisotopic (exact) mass is 398 g/mol. The molecule has 0 aliphatic carbocycles. The smallest absolute Gasteiger partial charge is 0.337 e. The maximum Gasteiger partial charge on any atom is 0.337 e. The number of H-pyrrole nitrogens is 1. The minimum Gasteiger partial charge on any atom is -0.465 e. The number of hydrogen-bond acceptors (Lipinski definition) is 5. The first-order valence-corrected chi connectivity index (χ1v) is 9.20. The summed E-state index contributed by atoms with van der Waals surface area (Å²) in [7, 11) is 1.31. The van der Waals surface area contributed by atoms with Crippen molar-refractivity contribution in [1.29, 1.82) is 0 Å². The minimum atomic E-state index is -0.445. The Balaban J connectivity index is 1.54. The standard InChI is InChI=1S/C23H18N4O3/c1-30-23(29)17-7-5-16(6-8-17)22(28)25-18-9-11-21-19(13-18)20(26-27-21)10-4-15-3-2-12-24-14-15/h2-14H,1H3,(H,25,28)(H,26,27)/b10-4+. The van der Waals surface area contributed by atoms with Crippen molar-refractivity contribution in [1.82, 2.24) is 15.2 Å². The van der Waals surface area contributed by atoms with Gasteiger partial charge in [-0.2, -0.15) is 5.10 Å². The summed E-state index contributed by atoms with van der Waals surface area (Å²) in [6.07, 6.45) is 7.31. The minimum absolute atomic E-state index is 0.276. The maximum absolute atomic E-state index is 12.6. The van der Waals surface area contributed by atoms with Crippen molar-refractivity contribution >= 4 is 40.6 Å². The molecule has 2 heterocycles. The van der Waals surface area contributed by atoms with Crippen molar-refractivity contribution in [3.05, 3.63) is 89.4 Å². The van der Waals surface area contributed by atoms with Gasteiger partial charge in [-0.25, -0.2) is 4.79 Å². The van der Waals surface area contributed by atoms with Crippen LogP contribution in [-0.4, -0.2) is 34.2 Å².